The minimum Gasteiger partial charge on any atom is -0.379 e. The summed E-state index contributed by atoms with van der Waals surface area (Å²) in [7, 11) is 1.68. The van der Waals surface area contributed by atoms with Gasteiger partial charge >= 0.3 is 6.18 Å². The van der Waals surface area contributed by atoms with Crippen LogP contribution in [-0.4, -0.2) is 60.8 Å². The Kier molecular flexibility index (Phi) is 9.12. The van der Waals surface area contributed by atoms with Gasteiger partial charge in [0.25, 0.3) is 0 Å². The summed E-state index contributed by atoms with van der Waals surface area (Å²) in [6.45, 7) is 6.23. The molecule has 3 heterocycles. The number of hydrogen-bond acceptors (Lipinski definition) is 5. The van der Waals surface area contributed by atoms with Crippen molar-refractivity contribution in [1.82, 2.24) is 15.2 Å². The van der Waals surface area contributed by atoms with Crippen molar-refractivity contribution in [3.8, 4) is 0 Å². The Hall–Kier alpha value is -1.71. The van der Waals surface area contributed by atoms with Gasteiger partial charge in [0.1, 0.15) is 0 Å². The maximum atomic E-state index is 13.1. The minimum atomic E-state index is -4.43. The van der Waals surface area contributed by atoms with Crippen molar-refractivity contribution in [3.63, 3.8) is 0 Å². The van der Waals surface area contributed by atoms with E-state index in [4.69, 9.17) is 9.47 Å². The molecule has 33 heavy (non-hydrogen) atoms. The lowest BCUT2D eigenvalue weighted by Crippen LogP contribution is -2.50. The summed E-state index contributed by atoms with van der Waals surface area (Å²) >= 11 is 0. The monoisotopic (exact) mass is 471 g/mol. The molecule has 6 nitrogen and oxygen atoms in total. The molecule has 1 aliphatic carbocycles. The summed E-state index contributed by atoms with van der Waals surface area (Å²) in [4.78, 5) is 18.7. The number of amides is 1. The van der Waals surface area contributed by atoms with Gasteiger partial charge in [0.15, 0.2) is 0 Å². The van der Waals surface area contributed by atoms with Gasteiger partial charge in [0.05, 0.1) is 18.3 Å². The lowest BCUT2D eigenvalue weighted by Gasteiger charge is -2.33. The van der Waals surface area contributed by atoms with E-state index in [1.807, 2.05) is 0 Å². The van der Waals surface area contributed by atoms with Gasteiger partial charge in [-0.05, 0) is 37.3 Å². The van der Waals surface area contributed by atoms with Crippen LogP contribution in [0.15, 0.2) is 12.3 Å². The third-order valence-corrected chi connectivity index (χ3v) is 6.52. The van der Waals surface area contributed by atoms with Gasteiger partial charge in [-0.15, -0.1) is 0 Å². The third kappa shape index (κ3) is 6.67. The molecule has 0 spiro atoms. The first kappa shape index (κ1) is 25.9. The number of carbonyl (C=O) groups excluding carboxylic acids is 1. The van der Waals surface area contributed by atoms with Gasteiger partial charge in [0.2, 0.25) is 5.91 Å². The fourth-order valence-electron chi connectivity index (χ4n) is 4.82. The molecule has 0 radical (unpaired) electrons. The quantitative estimate of drug-likeness (QED) is 0.720. The molecule has 0 aromatic carbocycles. The number of alkyl halides is 3. The second-order valence-electron chi connectivity index (χ2n) is 9.16. The van der Waals surface area contributed by atoms with Gasteiger partial charge in [-0.2, -0.15) is 13.2 Å². The molecule has 1 saturated heterocycles. The Morgan fingerprint density at radius 2 is 2.06 bits per heavy atom. The van der Waals surface area contributed by atoms with E-state index in [0.29, 0.717) is 37.4 Å². The van der Waals surface area contributed by atoms with Crippen LogP contribution in [0.4, 0.5) is 13.2 Å². The van der Waals surface area contributed by atoms with Crippen molar-refractivity contribution in [2.45, 2.75) is 83.3 Å². The predicted molar refractivity (Wildman–Crippen MR) is 119 cm³/mol. The highest BCUT2D eigenvalue weighted by Gasteiger charge is 2.37. The average molecular weight is 472 g/mol. The number of hydrogen-bond donors (Lipinski definition) is 1. The van der Waals surface area contributed by atoms with Crippen molar-refractivity contribution in [1.29, 1.82) is 0 Å². The van der Waals surface area contributed by atoms with E-state index in [1.165, 1.54) is 6.42 Å². The molecule has 1 amide bonds. The number of nitrogens with zero attached hydrogens (tertiary/aromatic N) is 2. The maximum Gasteiger partial charge on any atom is 0.417 e. The van der Waals surface area contributed by atoms with Crippen LogP contribution in [0.1, 0.15) is 62.8 Å². The van der Waals surface area contributed by atoms with Crippen molar-refractivity contribution >= 4 is 5.91 Å². The second-order valence-corrected chi connectivity index (χ2v) is 9.16. The summed E-state index contributed by atoms with van der Waals surface area (Å²) in [5, 5.41) is 3.64. The van der Waals surface area contributed by atoms with Crippen LogP contribution in [-0.2, 0) is 33.4 Å². The maximum absolute atomic E-state index is 13.1. The summed E-state index contributed by atoms with van der Waals surface area (Å²) in [6, 6.07) is 1.60. The molecule has 1 N–H and O–H groups in total. The first-order valence-electron chi connectivity index (χ1n) is 12.0. The molecule has 2 aliphatic heterocycles. The first-order valence-corrected chi connectivity index (χ1v) is 12.0. The van der Waals surface area contributed by atoms with Gasteiger partial charge in [-0.3, -0.25) is 9.78 Å². The van der Waals surface area contributed by atoms with Crippen LogP contribution in [0.2, 0.25) is 0 Å². The Labute approximate surface area is 194 Å². The molecule has 1 saturated carbocycles. The van der Waals surface area contributed by atoms with E-state index in [-0.39, 0.29) is 36.6 Å². The van der Waals surface area contributed by atoms with E-state index in [1.54, 1.807) is 12.0 Å². The van der Waals surface area contributed by atoms with Crippen molar-refractivity contribution in [2.24, 2.45) is 5.92 Å². The number of aromatic nitrogens is 1. The zero-order chi connectivity index (χ0) is 24.0. The molecule has 186 valence electrons. The number of halogens is 3. The molecule has 3 aliphatic rings. The zero-order valence-electron chi connectivity index (χ0n) is 19.8. The van der Waals surface area contributed by atoms with Gasteiger partial charge in [-0.1, -0.05) is 20.3 Å². The van der Waals surface area contributed by atoms with Crippen molar-refractivity contribution in [3.05, 3.63) is 29.1 Å². The average Bonchev–Trinajstić information content (AvgIpc) is 3.26. The van der Waals surface area contributed by atoms with Crippen LogP contribution >= 0.6 is 0 Å². The van der Waals surface area contributed by atoms with E-state index in [9.17, 15) is 18.0 Å². The third-order valence-electron chi connectivity index (χ3n) is 6.52. The summed E-state index contributed by atoms with van der Waals surface area (Å²) < 4.78 is 50.0. The Balaban J connectivity index is 0.000000968. The molecule has 2 fully saturated rings. The molecule has 1 aromatic rings. The number of rotatable bonds is 4. The molecular formula is C24H36F3N3O3. The Bertz CT molecular complexity index is 790. The Morgan fingerprint density at radius 1 is 1.30 bits per heavy atom. The molecule has 4 rings (SSSR count). The topological polar surface area (TPSA) is 63.7 Å². The van der Waals surface area contributed by atoms with Gasteiger partial charge in [-0.25, -0.2) is 0 Å². The number of nitrogens with one attached hydrogen (secondary N) is 1. The summed E-state index contributed by atoms with van der Waals surface area (Å²) in [5.41, 5.74) is 0.398. The molecule has 4 atom stereocenters. The SMILES string of the molecule is CCC.CO[C@@H]1COCC[C@@H]1NC1CC[C@H](C(=O)N2CCc3ncc(C(F)(F)F)cc3C2)C1. The number of pyridine rings is 1. The van der Waals surface area contributed by atoms with E-state index >= 15 is 0 Å². The molecule has 9 heteroatoms. The van der Waals surface area contributed by atoms with Crippen LogP contribution in [0.3, 0.4) is 0 Å². The van der Waals surface area contributed by atoms with Crippen LogP contribution in [0.25, 0.3) is 0 Å². The van der Waals surface area contributed by atoms with Gasteiger partial charge in [0, 0.05) is 63.1 Å². The zero-order valence-corrected chi connectivity index (χ0v) is 19.8. The van der Waals surface area contributed by atoms with Gasteiger partial charge < -0.3 is 19.7 Å². The highest BCUT2D eigenvalue weighted by molar-refractivity contribution is 5.79. The highest BCUT2D eigenvalue weighted by atomic mass is 19.4. The van der Waals surface area contributed by atoms with Crippen LogP contribution in [0, 0.1) is 5.92 Å². The lowest BCUT2D eigenvalue weighted by atomic mass is 10.00. The Morgan fingerprint density at radius 3 is 2.76 bits per heavy atom. The van der Waals surface area contributed by atoms with Crippen molar-refractivity contribution < 1.29 is 27.4 Å². The molecule has 1 aromatic heterocycles. The smallest absolute Gasteiger partial charge is 0.379 e. The fourth-order valence-corrected chi connectivity index (χ4v) is 4.82. The lowest BCUT2D eigenvalue weighted by molar-refractivity contribution is -0.137. The fraction of sp³-hybridized carbons (Fsp3) is 0.750. The van der Waals surface area contributed by atoms with Crippen LogP contribution < -0.4 is 5.32 Å². The standard InChI is InChI=1S/C21H28F3N3O3.C3H8/c1-29-19-12-30-7-5-18(19)26-16-3-2-13(9-16)20(28)27-6-4-17-14(11-27)8-15(10-25-17)21(22,23)24;1-3-2/h8,10,13,16,18-19,26H,2-7,9,11-12H2,1H3;3H2,1-2H3/t13-,16?,18-,19+;/m0./s1. The number of carbonyl (C=O) groups is 1. The van der Waals surface area contributed by atoms with Crippen LogP contribution in [0.5, 0.6) is 0 Å². The van der Waals surface area contributed by atoms with E-state index in [2.05, 4.69) is 24.1 Å². The highest BCUT2D eigenvalue weighted by Crippen LogP contribution is 2.33. The first-order chi connectivity index (χ1) is 15.8. The molecular weight excluding hydrogens is 435 g/mol. The molecule has 0 bridgehead atoms. The predicted octanol–water partition coefficient (Wildman–Crippen LogP) is 3.96. The summed E-state index contributed by atoms with van der Waals surface area (Å²) in [6.07, 6.45) is 1.54. The largest absolute Gasteiger partial charge is 0.417 e. The number of methoxy groups -OCH3 is 1. The molecule has 1 unspecified atom stereocenters. The number of fused-ring (bicyclic) bond motifs is 1. The minimum absolute atomic E-state index is 0.0161. The normalized spacial score (nSPS) is 27.5. The number of ether oxygens (including phenoxy) is 2. The van der Waals surface area contributed by atoms with Crippen molar-refractivity contribution in [2.75, 3.05) is 26.9 Å². The second kappa shape index (κ2) is 11.6. The van der Waals surface area contributed by atoms with E-state index in [0.717, 1.165) is 37.9 Å². The van der Waals surface area contributed by atoms with E-state index < -0.39 is 11.7 Å². The summed E-state index contributed by atoms with van der Waals surface area (Å²) in [5.74, 6) is -0.0544.